The monoisotopic (exact) mass is 353 g/mol. The molecule has 0 saturated carbocycles. The smallest absolute Gasteiger partial charge is 0.225 e. The number of likely N-dealkylation sites (tertiary alicyclic amines) is 1. The van der Waals surface area contributed by atoms with Crippen LogP contribution in [0, 0.1) is 5.92 Å². The quantitative estimate of drug-likeness (QED) is 0.845. The van der Waals surface area contributed by atoms with E-state index in [2.05, 4.69) is 44.9 Å². The van der Waals surface area contributed by atoms with Crippen LogP contribution in [0.4, 0.5) is 0 Å². The van der Waals surface area contributed by atoms with Gasteiger partial charge in [0.15, 0.2) is 0 Å². The Morgan fingerprint density at radius 3 is 2.92 bits per heavy atom. The highest BCUT2D eigenvalue weighted by molar-refractivity contribution is 5.80. The molecule has 6 heteroatoms. The zero-order valence-corrected chi connectivity index (χ0v) is 15.3. The molecule has 1 aromatic carbocycles. The van der Waals surface area contributed by atoms with E-state index < -0.39 is 0 Å². The number of carbonyl (C=O) groups is 1. The number of rotatable bonds is 5. The SMILES string of the molecule is Cn1cc([C@H]2CNC[C@@H]2C(=O)NC2CCN(Cc3ccccc3)C2)cn1. The zero-order chi connectivity index (χ0) is 17.9. The minimum atomic E-state index is -0.0117. The van der Waals surface area contributed by atoms with Crippen molar-refractivity contribution in [3.05, 3.63) is 53.9 Å². The summed E-state index contributed by atoms with van der Waals surface area (Å²) in [6.45, 7) is 4.50. The van der Waals surface area contributed by atoms with Crippen molar-refractivity contribution in [2.24, 2.45) is 13.0 Å². The highest BCUT2D eigenvalue weighted by Gasteiger charge is 2.36. The van der Waals surface area contributed by atoms with E-state index in [4.69, 9.17) is 0 Å². The fourth-order valence-corrected chi connectivity index (χ4v) is 4.18. The van der Waals surface area contributed by atoms with Gasteiger partial charge < -0.3 is 10.6 Å². The molecule has 138 valence electrons. The Hall–Kier alpha value is -2.18. The van der Waals surface area contributed by atoms with Gasteiger partial charge in [0.25, 0.3) is 0 Å². The summed E-state index contributed by atoms with van der Waals surface area (Å²) >= 11 is 0. The standard InChI is InChI=1S/C20H27N5O/c1-24-13-16(9-22-24)18-10-21-11-19(18)20(26)23-17-7-8-25(14-17)12-15-5-3-2-4-6-15/h2-6,9,13,17-19,21H,7-8,10-12,14H2,1H3,(H,23,26)/t17?,18-,19+/m1/s1. The van der Waals surface area contributed by atoms with Gasteiger partial charge >= 0.3 is 0 Å². The van der Waals surface area contributed by atoms with E-state index in [1.807, 2.05) is 25.5 Å². The molecule has 1 amide bonds. The summed E-state index contributed by atoms with van der Waals surface area (Å²) in [5.41, 5.74) is 2.48. The number of amides is 1. The van der Waals surface area contributed by atoms with E-state index in [-0.39, 0.29) is 23.8 Å². The molecule has 0 radical (unpaired) electrons. The average Bonchev–Trinajstić information content (AvgIpc) is 3.36. The lowest BCUT2D eigenvalue weighted by Crippen LogP contribution is -2.42. The van der Waals surface area contributed by atoms with Gasteiger partial charge in [0, 0.05) is 57.9 Å². The van der Waals surface area contributed by atoms with Crippen LogP contribution < -0.4 is 10.6 Å². The van der Waals surface area contributed by atoms with Crippen molar-refractivity contribution in [1.29, 1.82) is 0 Å². The van der Waals surface area contributed by atoms with Crippen molar-refractivity contribution in [3.8, 4) is 0 Å². The third-order valence-electron chi connectivity index (χ3n) is 5.57. The van der Waals surface area contributed by atoms with Gasteiger partial charge in [0.2, 0.25) is 5.91 Å². The average molecular weight is 353 g/mol. The highest BCUT2D eigenvalue weighted by atomic mass is 16.2. The summed E-state index contributed by atoms with van der Waals surface area (Å²) in [4.78, 5) is 15.3. The summed E-state index contributed by atoms with van der Waals surface area (Å²) in [5.74, 6) is 0.378. The molecule has 3 atom stereocenters. The summed E-state index contributed by atoms with van der Waals surface area (Å²) in [6.07, 6.45) is 4.93. The van der Waals surface area contributed by atoms with Crippen molar-refractivity contribution in [2.45, 2.75) is 24.9 Å². The van der Waals surface area contributed by atoms with E-state index in [9.17, 15) is 4.79 Å². The molecule has 6 nitrogen and oxygen atoms in total. The Morgan fingerprint density at radius 1 is 1.31 bits per heavy atom. The van der Waals surface area contributed by atoms with Crippen LogP contribution in [0.15, 0.2) is 42.7 Å². The first-order valence-corrected chi connectivity index (χ1v) is 9.45. The lowest BCUT2D eigenvalue weighted by atomic mass is 9.90. The summed E-state index contributed by atoms with van der Waals surface area (Å²) in [6, 6.07) is 10.8. The van der Waals surface area contributed by atoms with E-state index in [1.165, 1.54) is 5.56 Å². The van der Waals surface area contributed by atoms with E-state index in [0.717, 1.165) is 44.7 Å². The molecular formula is C20H27N5O. The molecule has 2 aliphatic heterocycles. The van der Waals surface area contributed by atoms with Gasteiger partial charge in [-0.2, -0.15) is 5.10 Å². The second kappa shape index (κ2) is 7.60. The molecule has 3 heterocycles. The molecule has 0 bridgehead atoms. The molecule has 2 aromatic rings. The number of hydrogen-bond donors (Lipinski definition) is 2. The van der Waals surface area contributed by atoms with Crippen molar-refractivity contribution in [2.75, 3.05) is 26.2 Å². The minimum absolute atomic E-state index is 0.0117. The van der Waals surface area contributed by atoms with Gasteiger partial charge in [0.05, 0.1) is 12.1 Å². The molecular weight excluding hydrogens is 326 g/mol. The summed E-state index contributed by atoms with van der Waals surface area (Å²) in [7, 11) is 1.92. The number of nitrogens with zero attached hydrogens (tertiary/aromatic N) is 3. The third-order valence-corrected chi connectivity index (χ3v) is 5.57. The third kappa shape index (κ3) is 3.81. The lowest BCUT2D eigenvalue weighted by molar-refractivity contribution is -0.125. The Labute approximate surface area is 154 Å². The van der Waals surface area contributed by atoms with Crippen molar-refractivity contribution >= 4 is 5.91 Å². The molecule has 4 rings (SSSR count). The van der Waals surface area contributed by atoms with Gasteiger partial charge in [-0.3, -0.25) is 14.4 Å². The fourth-order valence-electron chi connectivity index (χ4n) is 4.18. The van der Waals surface area contributed by atoms with Crippen LogP contribution >= 0.6 is 0 Å². The lowest BCUT2D eigenvalue weighted by Gasteiger charge is -2.21. The zero-order valence-electron chi connectivity index (χ0n) is 15.3. The van der Waals surface area contributed by atoms with E-state index in [1.54, 1.807) is 4.68 Å². The van der Waals surface area contributed by atoms with Crippen LogP contribution in [0.2, 0.25) is 0 Å². The minimum Gasteiger partial charge on any atom is -0.352 e. The van der Waals surface area contributed by atoms with Crippen LogP contribution in [-0.4, -0.2) is 52.8 Å². The Morgan fingerprint density at radius 2 is 2.15 bits per heavy atom. The maximum atomic E-state index is 12.9. The van der Waals surface area contributed by atoms with Gasteiger partial charge in [-0.1, -0.05) is 30.3 Å². The molecule has 2 N–H and O–H groups in total. The molecule has 1 aromatic heterocycles. The van der Waals surface area contributed by atoms with E-state index in [0.29, 0.717) is 0 Å². The highest BCUT2D eigenvalue weighted by Crippen LogP contribution is 2.28. The van der Waals surface area contributed by atoms with Crippen LogP contribution in [0.5, 0.6) is 0 Å². The second-order valence-electron chi connectivity index (χ2n) is 7.53. The summed E-state index contributed by atoms with van der Waals surface area (Å²) < 4.78 is 1.81. The number of hydrogen-bond acceptors (Lipinski definition) is 4. The summed E-state index contributed by atoms with van der Waals surface area (Å²) in [5, 5.41) is 10.9. The number of benzene rings is 1. The number of nitrogens with one attached hydrogen (secondary N) is 2. The molecule has 0 aliphatic carbocycles. The molecule has 26 heavy (non-hydrogen) atoms. The largest absolute Gasteiger partial charge is 0.352 e. The van der Waals surface area contributed by atoms with Gasteiger partial charge in [-0.25, -0.2) is 0 Å². The Bertz CT molecular complexity index is 744. The number of carbonyl (C=O) groups excluding carboxylic acids is 1. The molecule has 0 spiro atoms. The first kappa shape index (κ1) is 17.2. The second-order valence-corrected chi connectivity index (χ2v) is 7.53. The maximum Gasteiger partial charge on any atom is 0.225 e. The van der Waals surface area contributed by atoms with Crippen molar-refractivity contribution in [1.82, 2.24) is 25.3 Å². The van der Waals surface area contributed by atoms with Gasteiger partial charge in [-0.15, -0.1) is 0 Å². The predicted octanol–water partition coefficient (Wildman–Crippen LogP) is 1.11. The maximum absolute atomic E-state index is 12.9. The topological polar surface area (TPSA) is 62.2 Å². The molecule has 1 unspecified atom stereocenters. The molecule has 2 aliphatic rings. The van der Waals surface area contributed by atoms with Gasteiger partial charge in [0.1, 0.15) is 0 Å². The first-order valence-electron chi connectivity index (χ1n) is 9.45. The molecule has 2 saturated heterocycles. The van der Waals surface area contributed by atoms with Crippen LogP contribution in [-0.2, 0) is 18.4 Å². The number of aryl methyl sites for hydroxylation is 1. The van der Waals surface area contributed by atoms with Crippen LogP contribution in [0.1, 0.15) is 23.5 Å². The predicted molar refractivity (Wildman–Crippen MR) is 101 cm³/mol. The number of aromatic nitrogens is 2. The van der Waals surface area contributed by atoms with Gasteiger partial charge in [-0.05, 0) is 17.5 Å². The fraction of sp³-hybridized carbons (Fsp3) is 0.500. The Kier molecular flexibility index (Phi) is 5.04. The van der Waals surface area contributed by atoms with E-state index >= 15 is 0 Å². The Balaban J connectivity index is 1.32. The molecule has 2 fully saturated rings. The van der Waals surface area contributed by atoms with Crippen molar-refractivity contribution < 1.29 is 4.79 Å². The van der Waals surface area contributed by atoms with Crippen molar-refractivity contribution in [3.63, 3.8) is 0 Å². The van der Waals surface area contributed by atoms with Crippen LogP contribution in [0.3, 0.4) is 0 Å². The normalized spacial score (nSPS) is 26.3. The first-order chi connectivity index (χ1) is 12.7. The van der Waals surface area contributed by atoms with Crippen LogP contribution in [0.25, 0.3) is 0 Å².